The Balaban J connectivity index is 1.67. The molecule has 2 aliphatic rings. The monoisotopic (exact) mass is 325 g/mol. The molecule has 1 aliphatic carbocycles. The Bertz CT molecular complexity index is 775. The normalized spacial score (nSPS) is 20.8. The molecule has 1 amide bonds. The van der Waals surface area contributed by atoms with Crippen molar-refractivity contribution in [1.82, 2.24) is 9.78 Å². The molecular weight excluding hydrogens is 302 g/mol. The second-order valence-electron chi connectivity index (χ2n) is 6.87. The van der Waals surface area contributed by atoms with Crippen molar-refractivity contribution in [3.63, 3.8) is 0 Å². The van der Waals surface area contributed by atoms with Crippen LogP contribution >= 0.6 is 0 Å². The average Bonchev–Trinajstić information content (AvgIpc) is 3.16. The highest BCUT2D eigenvalue weighted by atomic mass is 16.5. The number of nitrogens with zero attached hydrogens (tertiary/aromatic N) is 2. The van der Waals surface area contributed by atoms with Gasteiger partial charge in [-0.15, -0.1) is 0 Å². The van der Waals surface area contributed by atoms with Crippen LogP contribution in [0.3, 0.4) is 0 Å². The van der Waals surface area contributed by atoms with Crippen LogP contribution in [-0.2, 0) is 11.8 Å². The Morgan fingerprint density at radius 3 is 2.88 bits per heavy atom. The predicted octanol–water partition coefficient (Wildman–Crippen LogP) is 3.52. The zero-order valence-electron chi connectivity index (χ0n) is 14.2. The van der Waals surface area contributed by atoms with Gasteiger partial charge in [0.05, 0.1) is 11.8 Å². The zero-order valence-corrected chi connectivity index (χ0v) is 14.2. The number of carbonyl (C=O) groups is 1. The molecule has 0 radical (unpaired) electrons. The van der Waals surface area contributed by atoms with E-state index in [2.05, 4.69) is 22.5 Å². The molecule has 1 atom stereocenters. The number of hydrogen-bond acceptors (Lipinski definition) is 3. The molecule has 2 aromatic rings. The van der Waals surface area contributed by atoms with Crippen LogP contribution in [0.5, 0.6) is 5.75 Å². The van der Waals surface area contributed by atoms with Gasteiger partial charge in [0, 0.05) is 24.9 Å². The molecule has 0 unspecified atom stereocenters. The first-order valence-corrected chi connectivity index (χ1v) is 8.72. The third-order valence-corrected chi connectivity index (χ3v) is 5.13. The summed E-state index contributed by atoms with van der Waals surface area (Å²) in [6.07, 6.45) is 5.58. The van der Waals surface area contributed by atoms with Gasteiger partial charge in [0.2, 0.25) is 5.91 Å². The summed E-state index contributed by atoms with van der Waals surface area (Å²) < 4.78 is 7.89. The average molecular weight is 325 g/mol. The topological polar surface area (TPSA) is 56.2 Å². The molecular formula is C19H23N3O2. The number of anilines is 1. The molecule has 0 saturated heterocycles. The van der Waals surface area contributed by atoms with E-state index in [1.54, 1.807) is 4.68 Å². The molecule has 1 aromatic carbocycles. The van der Waals surface area contributed by atoms with Crippen molar-refractivity contribution in [2.24, 2.45) is 7.05 Å². The van der Waals surface area contributed by atoms with E-state index in [0.717, 1.165) is 41.2 Å². The van der Waals surface area contributed by atoms with Crippen molar-refractivity contribution in [2.75, 3.05) is 5.32 Å². The molecule has 5 heteroatoms. The van der Waals surface area contributed by atoms with Crippen LogP contribution in [-0.4, -0.2) is 21.8 Å². The molecule has 2 heterocycles. The minimum Gasteiger partial charge on any atom is -0.490 e. The summed E-state index contributed by atoms with van der Waals surface area (Å²) in [6.45, 7) is 2.00. The number of ether oxygens (including phenoxy) is 1. The summed E-state index contributed by atoms with van der Waals surface area (Å²) in [6, 6.07) is 8.22. The van der Waals surface area contributed by atoms with Crippen LogP contribution < -0.4 is 10.1 Å². The van der Waals surface area contributed by atoms with Crippen LogP contribution in [0.1, 0.15) is 54.8 Å². The molecule has 1 aliphatic heterocycles. The number of nitrogens with one attached hydrogen (secondary N) is 1. The number of aryl methyl sites for hydroxylation is 2. The van der Waals surface area contributed by atoms with Crippen molar-refractivity contribution < 1.29 is 9.53 Å². The van der Waals surface area contributed by atoms with Crippen LogP contribution in [0.2, 0.25) is 0 Å². The lowest BCUT2D eigenvalue weighted by atomic mass is 9.86. The van der Waals surface area contributed by atoms with E-state index in [9.17, 15) is 4.79 Å². The molecule has 0 bridgehead atoms. The molecule has 1 aromatic heterocycles. The summed E-state index contributed by atoms with van der Waals surface area (Å²) >= 11 is 0. The number of rotatable bonds is 3. The molecule has 1 saturated carbocycles. The van der Waals surface area contributed by atoms with Crippen LogP contribution in [0, 0.1) is 6.92 Å². The second kappa shape index (κ2) is 5.96. The number of carbonyl (C=O) groups excluding carboxylic acids is 1. The lowest BCUT2D eigenvalue weighted by Crippen LogP contribution is -2.24. The molecule has 4 rings (SSSR count). The van der Waals surface area contributed by atoms with E-state index in [1.165, 1.54) is 12.8 Å². The summed E-state index contributed by atoms with van der Waals surface area (Å²) in [5.41, 5.74) is 3.22. The summed E-state index contributed by atoms with van der Waals surface area (Å²) in [4.78, 5) is 12.2. The lowest BCUT2D eigenvalue weighted by Gasteiger charge is -2.24. The minimum atomic E-state index is 0.0366. The number of aromatic nitrogens is 2. The SMILES string of the molecule is Cc1nn(C)c2c1[C@@H](c1cccc(OC3CCCC3)c1)CC(=O)N2. The fourth-order valence-electron chi connectivity index (χ4n) is 4.00. The number of hydrogen-bond donors (Lipinski definition) is 1. The molecule has 1 fully saturated rings. The van der Waals surface area contributed by atoms with E-state index in [1.807, 2.05) is 26.1 Å². The van der Waals surface area contributed by atoms with Gasteiger partial charge < -0.3 is 10.1 Å². The van der Waals surface area contributed by atoms with Gasteiger partial charge in [-0.1, -0.05) is 12.1 Å². The third kappa shape index (κ3) is 2.68. The predicted molar refractivity (Wildman–Crippen MR) is 92.4 cm³/mol. The van der Waals surface area contributed by atoms with E-state index >= 15 is 0 Å². The highest BCUT2D eigenvalue weighted by Gasteiger charge is 2.31. The quantitative estimate of drug-likeness (QED) is 0.939. The maximum absolute atomic E-state index is 12.2. The van der Waals surface area contributed by atoms with Crippen LogP contribution in [0.25, 0.3) is 0 Å². The Morgan fingerprint density at radius 1 is 1.29 bits per heavy atom. The lowest BCUT2D eigenvalue weighted by molar-refractivity contribution is -0.116. The molecule has 1 N–H and O–H groups in total. The number of fused-ring (bicyclic) bond motifs is 1. The Morgan fingerprint density at radius 2 is 2.08 bits per heavy atom. The maximum Gasteiger partial charge on any atom is 0.226 e. The summed E-state index contributed by atoms with van der Waals surface area (Å²) in [5, 5.41) is 7.43. The summed E-state index contributed by atoms with van der Waals surface area (Å²) in [5.74, 6) is 1.80. The standard InChI is InChI=1S/C19H23N3O2/c1-12-18-16(11-17(23)20-19(18)22(2)21-12)13-6-5-9-15(10-13)24-14-7-3-4-8-14/h5-6,9-10,14,16H,3-4,7-8,11H2,1-2H3,(H,20,23)/t16-/m1/s1. The smallest absolute Gasteiger partial charge is 0.226 e. The van der Waals surface area contributed by atoms with E-state index in [-0.39, 0.29) is 11.8 Å². The fourth-order valence-corrected chi connectivity index (χ4v) is 4.00. The van der Waals surface area contributed by atoms with Crippen LogP contribution in [0.4, 0.5) is 5.82 Å². The van der Waals surface area contributed by atoms with Gasteiger partial charge in [-0.2, -0.15) is 5.10 Å². The molecule has 5 nitrogen and oxygen atoms in total. The largest absolute Gasteiger partial charge is 0.490 e. The Hall–Kier alpha value is -2.30. The minimum absolute atomic E-state index is 0.0366. The first-order chi connectivity index (χ1) is 11.6. The molecule has 0 spiro atoms. The first kappa shape index (κ1) is 15.2. The molecule has 24 heavy (non-hydrogen) atoms. The highest BCUT2D eigenvalue weighted by molar-refractivity contribution is 5.94. The third-order valence-electron chi connectivity index (χ3n) is 5.13. The van der Waals surface area contributed by atoms with E-state index < -0.39 is 0 Å². The van der Waals surface area contributed by atoms with Gasteiger partial charge in [-0.3, -0.25) is 9.48 Å². The van der Waals surface area contributed by atoms with Crippen molar-refractivity contribution in [3.8, 4) is 5.75 Å². The second-order valence-corrected chi connectivity index (χ2v) is 6.87. The van der Waals surface area contributed by atoms with Gasteiger partial charge >= 0.3 is 0 Å². The Labute approximate surface area is 142 Å². The van der Waals surface area contributed by atoms with E-state index in [4.69, 9.17) is 4.74 Å². The van der Waals surface area contributed by atoms with Crippen molar-refractivity contribution in [3.05, 3.63) is 41.1 Å². The number of benzene rings is 1. The van der Waals surface area contributed by atoms with Gasteiger partial charge in [-0.25, -0.2) is 0 Å². The number of amides is 1. The van der Waals surface area contributed by atoms with Gasteiger partial charge in [0.1, 0.15) is 11.6 Å². The summed E-state index contributed by atoms with van der Waals surface area (Å²) in [7, 11) is 1.87. The van der Waals surface area contributed by atoms with E-state index in [0.29, 0.717) is 12.5 Å². The van der Waals surface area contributed by atoms with Crippen molar-refractivity contribution in [2.45, 2.75) is 51.0 Å². The molecule has 126 valence electrons. The van der Waals surface area contributed by atoms with Crippen molar-refractivity contribution >= 4 is 11.7 Å². The van der Waals surface area contributed by atoms with Gasteiger partial charge in [0.15, 0.2) is 0 Å². The van der Waals surface area contributed by atoms with Crippen LogP contribution in [0.15, 0.2) is 24.3 Å². The first-order valence-electron chi connectivity index (χ1n) is 8.72. The van der Waals surface area contributed by atoms with Crippen molar-refractivity contribution in [1.29, 1.82) is 0 Å². The highest BCUT2D eigenvalue weighted by Crippen LogP contribution is 2.39. The maximum atomic E-state index is 12.2. The van der Waals surface area contributed by atoms with Gasteiger partial charge in [-0.05, 0) is 50.3 Å². The zero-order chi connectivity index (χ0) is 16.7. The van der Waals surface area contributed by atoms with Gasteiger partial charge in [0.25, 0.3) is 0 Å². The Kier molecular flexibility index (Phi) is 3.79. The fraction of sp³-hybridized carbons (Fsp3) is 0.474.